The Morgan fingerprint density at radius 2 is 2.36 bits per heavy atom. The van der Waals surface area contributed by atoms with E-state index >= 15 is 0 Å². The maximum absolute atomic E-state index is 5.54. The van der Waals surface area contributed by atoms with E-state index in [-0.39, 0.29) is 0 Å². The van der Waals surface area contributed by atoms with Gasteiger partial charge in [0, 0.05) is 29.6 Å². The minimum absolute atomic E-state index is 0.665. The van der Waals surface area contributed by atoms with Gasteiger partial charge >= 0.3 is 0 Å². The van der Waals surface area contributed by atoms with Gasteiger partial charge in [-0.05, 0) is 0 Å². The highest BCUT2D eigenvalue weighted by Gasteiger charge is 1.88. The normalized spacial score (nSPS) is 9.55. The maximum Gasteiger partial charge on any atom is 0.0307 e. The number of nitrogens with one attached hydrogen (secondary N) is 1. The third-order valence-corrected chi connectivity index (χ3v) is 2.07. The lowest BCUT2D eigenvalue weighted by Crippen LogP contribution is -2.18. The molecule has 0 amide bonds. The summed E-state index contributed by atoms with van der Waals surface area (Å²) in [6, 6.07) is 0. The summed E-state index contributed by atoms with van der Waals surface area (Å²) >= 11 is 7.39. The first-order valence-electron chi connectivity index (χ1n) is 3.50. The van der Waals surface area contributed by atoms with Gasteiger partial charge in [-0.1, -0.05) is 24.3 Å². The largest absolute Gasteiger partial charge is 0.311 e. The van der Waals surface area contributed by atoms with E-state index in [1.54, 1.807) is 0 Å². The van der Waals surface area contributed by atoms with Crippen molar-refractivity contribution in [1.29, 1.82) is 0 Å². The molecule has 0 radical (unpaired) electrons. The fourth-order valence-corrected chi connectivity index (χ4v) is 1.25. The highest BCUT2D eigenvalue weighted by atomic mass is 35.5. The fourth-order valence-electron chi connectivity index (χ4n) is 0.535. The molecule has 0 aromatic rings. The topological polar surface area (TPSA) is 12.0 Å². The molecule has 0 aromatic heterocycles. The second-order valence-corrected chi connectivity index (χ2v) is 3.74. The number of halogens is 1. The van der Waals surface area contributed by atoms with E-state index in [1.165, 1.54) is 0 Å². The summed E-state index contributed by atoms with van der Waals surface area (Å²) in [4.78, 5) is 0. The van der Waals surface area contributed by atoms with Crippen LogP contribution in [0.15, 0.2) is 24.3 Å². The Bertz CT molecular complexity index is 125. The van der Waals surface area contributed by atoms with E-state index in [2.05, 4.69) is 18.5 Å². The van der Waals surface area contributed by atoms with Crippen molar-refractivity contribution >= 4 is 23.4 Å². The van der Waals surface area contributed by atoms with Crippen molar-refractivity contribution in [3.63, 3.8) is 0 Å². The SMILES string of the molecule is C=CCSCCNCC(=C)Cl. The molecular formula is C8H14ClNS. The zero-order valence-corrected chi connectivity index (χ0v) is 8.18. The molecule has 0 saturated heterocycles. The van der Waals surface area contributed by atoms with Gasteiger partial charge in [-0.2, -0.15) is 11.8 Å². The van der Waals surface area contributed by atoms with Gasteiger partial charge in [0.25, 0.3) is 0 Å². The second-order valence-electron chi connectivity index (χ2n) is 2.06. The molecule has 0 aliphatic heterocycles. The Morgan fingerprint density at radius 3 is 2.91 bits per heavy atom. The van der Waals surface area contributed by atoms with Crippen LogP contribution in [0.4, 0.5) is 0 Å². The van der Waals surface area contributed by atoms with Crippen molar-refractivity contribution in [3.8, 4) is 0 Å². The Balaban J connectivity index is 2.90. The lowest BCUT2D eigenvalue weighted by atomic mass is 10.6. The third-order valence-electron chi connectivity index (χ3n) is 0.976. The maximum atomic E-state index is 5.54. The van der Waals surface area contributed by atoms with Crippen LogP contribution in [0.1, 0.15) is 0 Å². The molecule has 0 atom stereocenters. The van der Waals surface area contributed by atoms with E-state index < -0.39 is 0 Å². The van der Waals surface area contributed by atoms with E-state index in [4.69, 9.17) is 11.6 Å². The van der Waals surface area contributed by atoms with Crippen LogP contribution in [0, 0.1) is 0 Å². The van der Waals surface area contributed by atoms with Crippen LogP contribution < -0.4 is 5.32 Å². The van der Waals surface area contributed by atoms with Crippen LogP contribution in [-0.4, -0.2) is 24.6 Å². The van der Waals surface area contributed by atoms with E-state index in [0.29, 0.717) is 11.6 Å². The first-order valence-corrected chi connectivity index (χ1v) is 5.03. The van der Waals surface area contributed by atoms with Crippen LogP contribution in [0.2, 0.25) is 0 Å². The molecule has 0 unspecified atom stereocenters. The summed E-state index contributed by atoms with van der Waals surface area (Å²) in [7, 11) is 0. The molecule has 0 rings (SSSR count). The first-order chi connectivity index (χ1) is 5.27. The Labute approximate surface area is 77.9 Å². The lowest BCUT2D eigenvalue weighted by Gasteiger charge is -2.00. The molecule has 3 heteroatoms. The number of thioether (sulfide) groups is 1. The summed E-state index contributed by atoms with van der Waals surface area (Å²) in [6.45, 7) is 8.88. The minimum Gasteiger partial charge on any atom is -0.311 e. The van der Waals surface area contributed by atoms with Crippen molar-refractivity contribution in [2.45, 2.75) is 0 Å². The molecule has 11 heavy (non-hydrogen) atoms. The van der Waals surface area contributed by atoms with Crippen molar-refractivity contribution < 1.29 is 0 Å². The van der Waals surface area contributed by atoms with Crippen LogP contribution >= 0.6 is 23.4 Å². The first kappa shape index (κ1) is 11.1. The monoisotopic (exact) mass is 191 g/mol. The molecule has 0 bridgehead atoms. The van der Waals surface area contributed by atoms with E-state index in [0.717, 1.165) is 18.1 Å². The summed E-state index contributed by atoms with van der Waals surface area (Å²) in [6.07, 6.45) is 1.91. The minimum atomic E-state index is 0.665. The number of hydrogen-bond donors (Lipinski definition) is 1. The van der Waals surface area contributed by atoms with Crippen LogP contribution in [0.5, 0.6) is 0 Å². The summed E-state index contributed by atoms with van der Waals surface area (Å²) in [5.74, 6) is 2.11. The predicted octanol–water partition coefficient (Wildman–Crippen LogP) is 2.25. The molecule has 0 spiro atoms. The number of rotatable bonds is 7. The Morgan fingerprint density at radius 1 is 1.64 bits per heavy atom. The van der Waals surface area contributed by atoms with Gasteiger partial charge in [-0.25, -0.2) is 0 Å². The molecule has 0 aliphatic rings. The van der Waals surface area contributed by atoms with Crippen molar-refractivity contribution in [1.82, 2.24) is 5.32 Å². The molecule has 0 fully saturated rings. The Kier molecular flexibility index (Phi) is 8.24. The third kappa shape index (κ3) is 10.1. The Hall–Kier alpha value is 0.0800. The van der Waals surface area contributed by atoms with Crippen molar-refractivity contribution in [2.75, 3.05) is 24.6 Å². The highest BCUT2D eigenvalue weighted by molar-refractivity contribution is 7.99. The van der Waals surface area contributed by atoms with Gasteiger partial charge in [-0.3, -0.25) is 0 Å². The molecule has 64 valence electrons. The van der Waals surface area contributed by atoms with Crippen molar-refractivity contribution in [2.24, 2.45) is 0 Å². The molecule has 0 heterocycles. The predicted molar refractivity (Wildman–Crippen MR) is 55.4 cm³/mol. The molecule has 0 aromatic carbocycles. The van der Waals surface area contributed by atoms with Crippen LogP contribution in [0.25, 0.3) is 0 Å². The van der Waals surface area contributed by atoms with Crippen LogP contribution in [-0.2, 0) is 0 Å². The second kappa shape index (κ2) is 8.18. The zero-order valence-electron chi connectivity index (χ0n) is 6.61. The molecule has 1 N–H and O–H groups in total. The van der Waals surface area contributed by atoms with Crippen LogP contribution in [0.3, 0.4) is 0 Å². The summed E-state index contributed by atoms with van der Waals surface area (Å²) in [5, 5.41) is 3.82. The average molecular weight is 192 g/mol. The number of hydrogen-bond acceptors (Lipinski definition) is 2. The van der Waals surface area contributed by atoms with Gasteiger partial charge in [-0.15, -0.1) is 6.58 Å². The van der Waals surface area contributed by atoms with Crippen molar-refractivity contribution in [3.05, 3.63) is 24.3 Å². The molecule has 0 aliphatic carbocycles. The van der Waals surface area contributed by atoms with E-state index in [9.17, 15) is 0 Å². The van der Waals surface area contributed by atoms with Gasteiger partial charge in [0.15, 0.2) is 0 Å². The quantitative estimate of drug-likeness (QED) is 0.490. The average Bonchev–Trinajstić information content (AvgIpc) is 1.96. The highest BCUT2D eigenvalue weighted by Crippen LogP contribution is 1.97. The summed E-state index contributed by atoms with van der Waals surface area (Å²) < 4.78 is 0. The fraction of sp³-hybridized carbons (Fsp3) is 0.500. The lowest BCUT2D eigenvalue weighted by molar-refractivity contribution is 0.801. The van der Waals surface area contributed by atoms with Gasteiger partial charge in [0.05, 0.1) is 0 Å². The molecular weight excluding hydrogens is 178 g/mol. The van der Waals surface area contributed by atoms with Gasteiger partial charge < -0.3 is 5.32 Å². The zero-order chi connectivity index (χ0) is 8.53. The molecule has 0 saturated carbocycles. The van der Waals surface area contributed by atoms with E-state index in [1.807, 2.05) is 17.8 Å². The summed E-state index contributed by atoms with van der Waals surface area (Å²) in [5.41, 5.74) is 0. The van der Waals surface area contributed by atoms with Gasteiger partial charge in [0.2, 0.25) is 0 Å². The van der Waals surface area contributed by atoms with Gasteiger partial charge in [0.1, 0.15) is 0 Å². The smallest absolute Gasteiger partial charge is 0.0307 e. The standard InChI is InChI=1S/C8H14ClNS/c1-3-5-11-6-4-10-7-8(2)9/h3,10H,1-2,4-7H2. The molecule has 1 nitrogen and oxygen atoms in total.